The van der Waals surface area contributed by atoms with Crippen molar-refractivity contribution in [1.82, 2.24) is 15.5 Å². The van der Waals surface area contributed by atoms with Gasteiger partial charge in [-0.3, -0.25) is 14.5 Å². The Bertz CT molecular complexity index is 534. The number of carbonyl (C=O) groups is 2. The second kappa shape index (κ2) is 9.61. The lowest BCUT2D eigenvalue weighted by Gasteiger charge is -2.30. The van der Waals surface area contributed by atoms with Crippen molar-refractivity contribution in [3.05, 3.63) is 24.2 Å². The lowest BCUT2D eigenvalue weighted by Crippen LogP contribution is -2.51. The molecule has 6 heteroatoms. The molecule has 1 aliphatic carbocycles. The van der Waals surface area contributed by atoms with Crippen molar-refractivity contribution in [2.75, 3.05) is 19.6 Å². The molecule has 6 nitrogen and oxygen atoms in total. The number of furan rings is 1. The number of carbonyl (C=O) groups excluding carboxylic acids is 2. The molecular weight excluding hydrogens is 318 g/mol. The summed E-state index contributed by atoms with van der Waals surface area (Å²) in [7, 11) is 0. The van der Waals surface area contributed by atoms with Crippen LogP contribution in [-0.2, 0) is 9.59 Å². The smallest absolute Gasteiger partial charge is 0.242 e. The second-order valence-corrected chi connectivity index (χ2v) is 6.72. The molecule has 25 heavy (non-hydrogen) atoms. The van der Waals surface area contributed by atoms with Crippen molar-refractivity contribution in [3.8, 4) is 0 Å². The maximum absolute atomic E-state index is 12.8. The zero-order valence-corrected chi connectivity index (χ0v) is 15.6. The van der Waals surface area contributed by atoms with Crippen molar-refractivity contribution in [3.63, 3.8) is 0 Å². The standard InChI is InChI=1S/C19H31N3O3/c1-4-22(5-2)16(17-11-8-12-25-17)13-20-19(24)18(21-14(3)23)15-9-6-7-10-15/h8,11-12,15-16,18H,4-7,9-10,13H2,1-3H3,(H,20,24)(H,21,23)/t16-,18-/m1/s1. The van der Waals surface area contributed by atoms with Gasteiger partial charge in [-0.2, -0.15) is 0 Å². The van der Waals surface area contributed by atoms with E-state index in [9.17, 15) is 9.59 Å². The number of likely N-dealkylation sites (N-methyl/N-ethyl adjacent to an activating group) is 1. The maximum atomic E-state index is 12.8. The highest BCUT2D eigenvalue weighted by Crippen LogP contribution is 2.28. The van der Waals surface area contributed by atoms with Crippen LogP contribution >= 0.6 is 0 Å². The molecule has 1 saturated carbocycles. The van der Waals surface area contributed by atoms with Crippen LogP contribution < -0.4 is 10.6 Å². The Morgan fingerprint density at radius 1 is 1.28 bits per heavy atom. The summed E-state index contributed by atoms with van der Waals surface area (Å²) in [5, 5.41) is 5.90. The van der Waals surface area contributed by atoms with Crippen LogP contribution in [0.15, 0.2) is 22.8 Å². The molecule has 0 unspecified atom stereocenters. The van der Waals surface area contributed by atoms with Crippen molar-refractivity contribution in [2.24, 2.45) is 5.92 Å². The molecule has 0 aliphatic heterocycles. The summed E-state index contributed by atoms with van der Waals surface area (Å²) < 4.78 is 5.57. The summed E-state index contributed by atoms with van der Waals surface area (Å²) in [4.78, 5) is 26.5. The molecule has 1 aromatic heterocycles. The van der Waals surface area contributed by atoms with Gasteiger partial charge in [-0.1, -0.05) is 26.7 Å². The van der Waals surface area contributed by atoms with Gasteiger partial charge < -0.3 is 15.1 Å². The fourth-order valence-corrected chi connectivity index (χ4v) is 3.77. The fourth-order valence-electron chi connectivity index (χ4n) is 3.77. The topological polar surface area (TPSA) is 74.6 Å². The number of nitrogens with zero attached hydrogens (tertiary/aromatic N) is 1. The third-order valence-electron chi connectivity index (χ3n) is 5.11. The third kappa shape index (κ3) is 5.33. The van der Waals surface area contributed by atoms with Crippen LogP contribution in [0.4, 0.5) is 0 Å². The molecule has 1 heterocycles. The van der Waals surface area contributed by atoms with E-state index in [0.717, 1.165) is 44.5 Å². The number of rotatable bonds is 9. The van der Waals surface area contributed by atoms with Crippen LogP contribution in [0.25, 0.3) is 0 Å². The van der Waals surface area contributed by atoms with E-state index in [0.29, 0.717) is 6.54 Å². The van der Waals surface area contributed by atoms with Crippen LogP contribution in [-0.4, -0.2) is 42.4 Å². The average molecular weight is 349 g/mol. The van der Waals surface area contributed by atoms with Gasteiger partial charge in [-0.05, 0) is 44.0 Å². The third-order valence-corrected chi connectivity index (χ3v) is 5.11. The minimum atomic E-state index is -0.436. The van der Waals surface area contributed by atoms with Gasteiger partial charge in [-0.15, -0.1) is 0 Å². The van der Waals surface area contributed by atoms with Crippen LogP contribution in [0.5, 0.6) is 0 Å². The zero-order valence-electron chi connectivity index (χ0n) is 15.6. The molecule has 2 rings (SSSR count). The maximum Gasteiger partial charge on any atom is 0.242 e. The predicted octanol–water partition coefficient (Wildman–Crippen LogP) is 2.47. The highest BCUT2D eigenvalue weighted by molar-refractivity contribution is 5.87. The summed E-state index contributed by atoms with van der Waals surface area (Å²) in [5.41, 5.74) is 0. The van der Waals surface area contributed by atoms with Crippen molar-refractivity contribution in [1.29, 1.82) is 0 Å². The van der Waals surface area contributed by atoms with E-state index in [1.807, 2.05) is 12.1 Å². The monoisotopic (exact) mass is 349 g/mol. The van der Waals surface area contributed by atoms with E-state index in [2.05, 4.69) is 29.4 Å². The van der Waals surface area contributed by atoms with Gasteiger partial charge in [0, 0.05) is 13.5 Å². The first-order chi connectivity index (χ1) is 12.1. The van der Waals surface area contributed by atoms with Crippen molar-refractivity contribution >= 4 is 11.8 Å². The second-order valence-electron chi connectivity index (χ2n) is 6.72. The Balaban J connectivity index is 2.03. The molecule has 0 bridgehead atoms. The summed E-state index contributed by atoms with van der Waals surface area (Å²) in [6.45, 7) is 7.87. The molecule has 0 aromatic carbocycles. The number of amides is 2. The Kier molecular flexibility index (Phi) is 7.50. The molecule has 2 atom stereocenters. The predicted molar refractivity (Wildman–Crippen MR) is 96.9 cm³/mol. The molecule has 0 spiro atoms. The molecule has 2 N–H and O–H groups in total. The van der Waals surface area contributed by atoms with E-state index in [1.165, 1.54) is 6.92 Å². The van der Waals surface area contributed by atoms with Gasteiger partial charge in [-0.25, -0.2) is 0 Å². The van der Waals surface area contributed by atoms with Gasteiger partial charge in [0.05, 0.1) is 12.3 Å². The van der Waals surface area contributed by atoms with Gasteiger partial charge in [0.25, 0.3) is 0 Å². The van der Waals surface area contributed by atoms with E-state index in [-0.39, 0.29) is 23.8 Å². The Hall–Kier alpha value is -1.82. The Morgan fingerprint density at radius 3 is 2.48 bits per heavy atom. The normalized spacial score (nSPS) is 17.4. The first-order valence-electron chi connectivity index (χ1n) is 9.39. The van der Waals surface area contributed by atoms with E-state index < -0.39 is 6.04 Å². The quantitative estimate of drug-likeness (QED) is 0.718. The highest BCUT2D eigenvalue weighted by atomic mass is 16.3. The summed E-state index contributed by atoms with van der Waals surface area (Å²) in [6, 6.07) is 3.37. The lowest BCUT2D eigenvalue weighted by atomic mass is 9.97. The van der Waals surface area contributed by atoms with Gasteiger partial charge in [0.15, 0.2) is 0 Å². The summed E-state index contributed by atoms with van der Waals surface area (Å²) >= 11 is 0. The van der Waals surface area contributed by atoms with Crippen LogP contribution in [0, 0.1) is 5.92 Å². The lowest BCUT2D eigenvalue weighted by molar-refractivity contribution is -0.129. The first kappa shape index (κ1) is 19.5. The molecule has 1 aromatic rings. The molecule has 0 saturated heterocycles. The minimum Gasteiger partial charge on any atom is -0.468 e. The number of hydrogen-bond acceptors (Lipinski definition) is 4. The Morgan fingerprint density at radius 2 is 1.96 bits per heavy atom. The molecule has 1 fully saturated rings. The molecular formula is C19H31N3O3. The minimum absolute atomic E-state index is 0.00416. The number of hydrogen-bond donors (Lipinski definition) is 2. The average Bonchev–Trinajstić information content (AvgIpc) is 3.29. The van der Waals surface area contributed by atoms with Gasteiger partial charge in [0.1, 0.15) is 11.8 Å². The number of nitrogens with one attached hydrogen (secondary N) is 2. The van der Waals surface area contributed by atoms with E-state index >= 15 is 0 Å². The zero-order chi connectivity index (χ0) is 18.2. The highest BCUT2D eigenvalue weighted by Gasteiger charge is 2.32. The van der Waals surface area contributed by atoms with Crippen LogP contribution in [0.2, 0.25) is 0 Å². The van der Waals surface area contributed by atoms with Crippen molar-refractivity contribution < 1.29 is 14.0 Å². The van der Waals surface area contributed by atoms with E-state index in [4.69, 9.17) is 4.42 Å². The van der Waals surface area contributed by atoms with Crippen molar-refractivity contribution in [2.45, 2.75) is 58.5 Å². The first-order valence-corrected chi connectivity index (χ1v) is 9.39. The Labute approximate surface area is 150 Å². The summed E-state index contributed by atoms with van der Waals surface area (Å²) in [6.07, 6.45) is 5.91. The van der Waals surface area contributed by atoms with E-state index in [1.54, 1.807) is 6.26 Å². The van der Waals surface area contributed by atoms with Gasteiger partial charge in [0.2, 0.25) is 11.8 Å². The van der Waals surface area contributed by atoms with Crippen LogP contribution in [0.3, 0.4) is 0 Å². The SMILES string of the molecule is CCN(CC)[C@H](CNC(=O)[C@H](NC(C)=O)C1CCCC1)c1ccco1. The largest absolute Gasteiger partial charge is 0.468 e. The fraction of sp³-hybridized carbons (Fsp3) is 0.684. The molecule has 1 aliphatic rings. The van der Waals surface area contributed by atoms with Crippen LogP contribution in [0.1, 0.15) is 58.3 Å². The van der Waals surface area contributed by atoms with Gasteiger partial charge >= 0.3 is 0 Å². The molecule has 2 amide bonds. The molecule has 140 valence electrons. The molecule has 0 radical (unpaired) electrons. The summed E-state index contributed by atoms with van der Waals surface area (Å²) in [5.74, 6) is 0.838.